The maximum absolute atomic E-state index is 12.3. The van der Waals surface area contributed by atoms with Crippen LogP contribution in [0.15, 0.2) is 12.1 Å². The lowest BCUT2D eigenvalue weighted by atomic mass is 9.96. The monoisotopic (exact) mass is 267 g/mol. The standard InChI is InChI=1S/C15H22ClNO/c1-6-17(7-2)15(18)14(16)13-11(4)8-10(3)9-12(13)5/h8-9,14H,6-7H2,1-5H3. The predicted octanol–water partition coefficient (Wildman–Crippen LogP) is 3.76. The van der Waals surface area contributed by atoms with Gasteiger partial charge in [0, 0.05) is 13.1 Å². The Morgan fingerprint density at radius 1 is 1.17 bits per heavy atom. The first-order chi connectivity index (χ1) is 8.42. The van der Waals surface area contributed by atoms with Crippen LogP contribution in [-0.4, -0.2) is 23.9 Å². The number of hydrogen-bond acceptors (Lipinski definition) is 1. The molecule has 1 rings (SSSR count). The maximum atomic E-state index is 12.3. The van der Waals surface area contributed by atoms with Crippen LogP contribution in [0.1, 0.15) is 41.5 Å². The Morgan fingerprint density at radius 2 is 1.61 bits per heavy atom. The van der Waals surface area contributed by atoms with E-state index in [0.29, 0.717) is 13.1 Å². The van der Waals surface area contributed by atoms with Crippen LogP contribution >= 0.6 is 11.6 Å². The molecule has 0 N–H and O–H groups in total. The quantitative estimate of drug-likeness (QED) is 0.761. The van der Waals surface area contributed by atoms with Crippen LogP contribution in [0.4, 0.5) is 0 Å². The number of carbonyl (C=O) groups excluding carboxylic acids is 1. The van der Waals surface area contributed by atoms with Gasteiger partial charge in [0.25, 0.3) is 0 Å². The van der Waals surface area contributed by atoms with Crippen LogP contribution < -0.4 is 0 Å². The summed E-state index contributed by atoms with van der Waals surface area (Å²) in [5.41, 5.74) is 4.34. The summed E-state index contributed by atoms with van der Waals surface area (Å²) in [5.74, 6) is -0.00304. The summed E-state index contributed by atoms with van der Waals surface area (Å²) in [4.78, 5) is 14.1. The van der Waals surface area contributed by atoms with E-state index in [2.05, 4.69) is 19.1 Å². The fourth-order valence-corrected chi connectivity index (χ4v) is 2.89. The minimum Gasteiger partial charge on any atom is -0.342 e. The molecule has 1 atom stereocenters. The van der Waals surface area contributed by atoms with E-state index in [1.54, 1.807) is 4.90 Å². The van der Waals surface area contributed by atoms with Crippen LogP contribution in [-0.2, 0) is 4.79 Å². The van der Waals surface area contributed by atoms with E-state index < -0.39 is 5.38 Å². The highest BCUT2D eigenvalue weighted by Crippen LogP contribution is 2.29. The van der Waals surface area contributed by atoms with Gasteiger partial charge in [0.15, 0.2) is 0 Å². The van der Waals surface area contributed by atoms with E-state index in [1.807, 2.05) is 27.7 Å². The summed E-state index contributed by atoms with van der Waals surface area (Å²) in [6, 6.07) is 4.15. The third kappa shape index (κ3) is 3.05. The Labute approximate surface area is 115 Å². The first kappa shape index (κ1) is 15.0. The van der Waals surface area contributed by atoms with Crippen molar-refractivity contribution in [3.8, 4) is 0 Å². The Morgan fingerprint density at radius 3 is 2.00 bits per heavy atom. The average molecular weight is 268 g/mol. The number of alkyl halides is 1. The van der Waals surface area contributed by atoms with Gasteiger partial charge in [-0.25, -0.2) is 0 Å². The van der Waals surface area contributed by atoms with Gasteiger partial charge in [-0.2, -0.15) is 0 Å². The molecule has 100 valence electrons. The average Bonchev–Trinajstić information content (AvgIpc) is 2.28. The molecule has 0 aliphatic rings. The number of carbonyl (C=O) groups is 1. The Bertz CT molecular complexity index is 415. The van der Waals surface area contributed by atoms with E-state index in [9.17, 15) is 4.79 Å². The lowest BCUT2D eigenvalue weighted by Gasteiger charge is -2.24. The molecule has 0 aliphatic heterocycles. The first-order valence-corrected chi connectivity index (χ1v) is 6.86. The number of nitrogens with zero attached hydrogens (tertiary/aromatic N) is 1. The highest BCUT2D eigenvalue weighted by atomic mass is 35.5. The minimum atomic E-state index is -0.578. The third-order valence-electron chi connectivity index (χ3n) is 3.28. The van der Waals surface area contributed by atoms with Crippen LogP contribution in [0.3, 0.4) is 0 Å². The molecule has 1 amide bonds. The van der Waals surface area contributed by atoms with Crippen LogP contribution in [0.5, 0.6) is 0 Å². The van der Waals surface area contributed by atoms with Crippen molar-refractivity contribution in [3.63, 3.8) is 0 Å². The topological polar surface area (TPSA) is 20.3 Å². The second-order valence-electron chi connectivity index (χ2n) is 4.69. The molecular formula is C15H22ClNO. The van der Waals surface area contributed by atoms with E-state index in [0.717, 1.165) is 16.7 Å². The zero-order valence-corrected chi connectivity index (χ0v) is 12.6. The Kier molecular flexibility index (Phi) is 5.21. The van der Waals surface area contributed by atoms with Crippen molar-refractivity contribution in [2.45, 2.75) is 40.0 Å². The number of rotatable bonds is 4. The molecule has 0 spiro atoms. The van der Waals surface area contributed by atoms with Gasteiger partial charge < -0.3 is 4.90 Å². The van der Waals surface area contributed by atoms with Gasteiger partial charge >= 0.3 is 0 Å². The lowest BCUT2D eigenvalue weighted by molar-refractivity contribution is -0.130. The van der Waals surface area contributed by atoms with Crippen LogP contribution in [0.25, 0.3) is 0 Å². The molecule has 0 bridgehead atoms. The predicted molar refractivity (Wildman–Crippen MR) is 77.2 cm³/mol. The highest BCUT2D eigenvalue weighted by molar-refractivity contribution is 6.31. The second-order valence-corrected chi connectivity index (χ2v) is 5.12. The van der Waals surface area contributed by atoms with Crippen molar-refractivity contribution >= 4 is 17.5 Å². The maximum Gasteiger partial charge on any atom is 0.245 e. The highest BCUT2D eigenvalue weighted by Gasteiger charge is 2.24. The van der Waals surface area contributed by atoms with E-state index in [1.165, 1.54) is 5.56 Å². The van der Waals surface area contributed by atoms with Gasteiger partial charge in [0.2, 0.25) is 5.91 Å². The van der Waals surface area contributed by atoms with Crippen molar-refractivity contribution < 1.29 is 4.79 Å². The van der Waals surface area contributed by atoms with Gasteiger partial charge in [0.1, 0.15) is 5.38 Å². The molecule has 3 heteroatoms. The summed E-state index contributed by atoms with van der Waals surface area (Å²) in [7, 11) is 0. The summed E-state index contributed by atoms with van der Waals surface area (Å²) in [5, 5.41) is -0.578. The molecule has 2 nitrogen and oxygen atoms in total. The van der Waals surface area contributed by atoms with Crippen molar-refractivity contribution in [2.75, 3.05) is 13.1 Å². The second kappa shape index (κ2) is 6.24. The van der Waals surface area contributed by atoms with Gasteiger partial charge in [0.05, 0.1) is 0 Å². The molecular weight excluding hydrogens is 246 g/mol. The molecule has 1 aromatic rings. The van der Waals surface area contributed by atoms with E-state index >= 15 is 0 Å². The van der Waals surface area contributed by atoms with Crippen molar-refractivity contribution in [3.05, 3.63) is 34.4 Å². The molecule has 0 heterocycles. The molecule has 0 saturated carbocycles. The number of likely N-dealkylation sites (N-methyl/N-ethyl adjacent to an activating group) is 1. The molecule has 18 heavy (non-hydrogen) atoms. The van der Waals surface area contributed by atoms with Crippen LogP contribution in [0.2, 0.25) is 0 Å². The summed E-state index contributed by atoms with van der Waals surface area (Å²) >= 11 is 6.38. The van der Waals surface area contributed by atoms with Gasteiger partial charge in [-0.1, -0.05) is 17.7 Å². The van der Waals surface area contributed by atoms with Gasteiger partial charge in [-0.05, 0) is 51.3 Å². The molecule has 0 saturated heterocycles. The number of amides is 1. The third-order valence-corrected chi connectivity index (χ3v) is 3.69. The van der Waals surface area contributed by atoms with Gasteiger partial charge in [-0.3, -0.25) is 4.79 Å². The molecule has 1 unspecified atom stereocenters. The van der Waals surface area contributed by atoms with Crippen molar-refractivity contribution in [1.29, 1.82) is 0 Å². The molecule has 0 radical (unpaired) electrons. The first-order valence-electron chi connectivity index (χ1n) is 6.42. The number of aryl methyl sites for hydroxylation is 3. The summed E-state index contributed by atoms with van der Waals surface area (Å²) in [6.07, 6.45) is 0. The SMILES string of the molecule is CCN(CC)C(=O)C(Cl)c1c(C)cc(C)cc1C. The normalized spacial score (nSPS) is 12.3. The largest absolute Gasteiger partial charge is 0.342 e. The summed E-state index contributed by atoms with van der Waals surface area (Å²) < 4.78 is 0. The van der Waals surface area contributed by atoms with Gasteiger partial charge in [-0.15, -0.1) is 11.6 Å². The zero-order chi connectivity index (χ0) is 13.9. The number of hydrogen-bond donors (Lipinski definition) is 0. The minimum absolute atomic E-state index is 0.00304. The Hall–Kier alpha value is -1.02. The number of benzene rings is 1. The van der Waals surface area contributed by atoms with Crippen LogP contribution in [0, 0.1) is 20.8 Å². The lowest BCUT2D eigenvalue weighted by Crippen LogP contribution is -2.33. The molecule has 0 fully saturated rings. The molecule has 1 aromatic carbocycles. The molecule has 0 aromatic heterocycles. The van der Waals surface area contributed by atoms with Crippen molar-refractivity contribution in [1.82, 2.24) is 4.90 Å². The zero-order valence-electron chi connectivity index (χ0n) is 11.9. The summed E-state index contributed by atoms with van der Waals surface area (Å²) in [6.45, 7) is 11.4. The van der Waals surface area contributed by atoms with E-state index in [-0.39, 0.29) is 5.91 Å². The number of halogens is 1. The smallest absolute Gasteiger partial charge is 0.245 e. The fourth-order valence-electron chi connectivity index (χ4n) is 2.41. The molecule has 0 aliphatic carbocycles. The van der Waals surface area contributed by atoms with E-state index in [4.69, 9.17) is 11.6 Å². The Balaban J connectivity index is 3.11. The fraction of sp³-hybridized carbons (Fsp3) is 0.533. The van der Waals surface area contributed by atoms with Crippen molar-refractivity contribution in [2.24, 2.45) is 0 Å².